The average molecular weight is 264 g/mol. The summed E-state index contributed by atoms with van der Waals surface area (Å²) in [6.45, 7) is -0.525. The Morgan fingerprint density at radius 2 is 1.44 bits per heavy atom. The Morgan fingerprint density at radius 1 is 0.944 bits per heavy atom. The molecule has 0 fully saturated rings. The van der Waals surface area contributed by atoms with Gasteiger partial charge in [0.1, 0.15) is 5.69 Å². The van der Waals surface area contributed by atoms with Crippen LogP contribution in [0, 0.1) is 29.1 Å². The van der Waals surface area contributed by atoms with Gasteiger partial charge in [-0.25, -0.2) is 26.9 Å². The van der Waals surface area contributed by atoms with Gasteiger partial charge in [-0.15, -0.1) is 0 Å². The van der Waals surface area contributed by atoms with E-state index in [0.29, 0.717) is 4.57 Å². The van der Waals surface area contributed by atoms with Gasteiger partial charge in [0, 0.05) is 6.20 Å². The highest BCUT2D eigenvalue weighted by Crippen LogP contribution is 2.26. The summed E-state index contributed by atoms with van der Waals surface area (Å²) < 4.78 is 66.0. The maximum atomic E-state index is 13.4. The number of hydrogen-bond donors (Lipinski definition) is 1. The van der Waals surface area contributed by atoms with Crippen LogP contribution >= 0.6 is 0 Å². The first-order chi connectivity index (χ1) is 8.47. The van der Waals surface area contributed by atoms with Crippen LogP contribution in [0.4, 0.5) is 22.0 Å². The molecule has 0 amide bonds. The van der Waals surface area contributed by atoms with E-state index in [4.69, 9.17) is 5.11 Å². The van der Waals surface area contributed by atoms with Gasteiger partial charge in [0.25, 0.3) is 0 Å². The Bertz CT molecular complexity index is 582. The molecule has 0 bridgehead atoms. The van der Waals surface area contributed by atoms with Crippen molar-refractivity contribution in [2.24, 2.45) is 0 Å². The standard InChI is InChI=1S/C10H5F5N2O/c11-5-6(12)8(14)10(9(15)7(5)13)17-1-4(2-18)16-3-17/h1,3,18H,2H2. The summed E-state index contributed by atoms with van der Waals surface area (Å²) in [7, 11) is 0. The van der Waals surface area contributed by atoms with E-state index in [0.717, 1.165) is 12.5 Å². The molecule has 0 saturated carbocycles. The van der Waals surface area contributed by atoms with Crippen molar-refractivity contribution in [1.82, 2.24) is 9.55 Å². The summed E-state index contributed by atoms with van der Waals surface area (Å²) >= 11 is 0. The fourth-order valence-corrected chi connectivity index (χ4v) is 1.39. The molecule has 1 aromatic heterocycles. The summed E-state index contributed by atoms with van der Waals surface area (Å²) in [5.41, 5.74) is -1.11. The summed E-state index contributed by atoms with van der Waals surface area (Å²) in [6, 6.07) is 0. The molecule has 0 spiro atoms. The van der Waals surface area contributed by atoms with Crippen LogP contribution in [0.15, 0.2) is 12.5 Å². The minimum absolute atomic E-state index is 0.0268. The number of rotatable bonds is 2. The van der Waals surface area contributed by atoms with Crippen molar-refractivity contribution >= 4 is 0 Å². The van der Waals surface area contributed by atoms with Crippen molar-refractivity contribution in [3.63, 3.8) is 0 Å². The summed E-state index contributed by atoms with van der Waals surface area (Å²) in [6.07, 6.45) is 1.79. The molecule has 2 rings (SSSR count). The van der Waals surface area contributed by atoms with Crippen LogP contribution < -0.4 is 0 Å². The van der Waals surface area contributed by atoms with E-state index >= 15 is 0 Å². The molecule has 0 aliphatic rings. The van der Waals surface area contributed by atoms with E-state index < -0.39 is 41.4 Å². The molecule has 1 N–H and O–H groups in total. The molecule has 0 saturated heterocycles. The second kappa shape index (κ2) is 4.37. The van der Waals surface area contributed by atoms with Crippen LogP contribution in [-0.2, 0) is 6.61 Å². The van der Waals surface area contributed by atoms with Gasteiger partial charge in [-0.3, -0.25) is 0 Å². The molecular formula is C10H5F5N2O. The van der Waals surface area contributed by atoms with Gasteiger partial charge in [-0.2, -0.15) is 0 Å². The molecule has 8 heteroatoms. The molecule has 0 aliphatic carbocycles. The van der Waals surface area contributed by atoms with E-state index in [2.05, 4.69) is 4.98 Å². The van der Waals surface area contributed by atoms with Gasteiger partial charge in [0.05, 0.1) is 18.6 Å². The highest BCUT2D eigenvalue weighted by atomic mass is 19.2. The molecule has 3 nitrogen and oxygen atoms in total. The van der Waals surface area contributed by atoms with Gasteiger partial charge in [0.15, 0.2) is 23.3 Å². The number of aliphatic hydroxyl groups is 1. The molecule has 18 heavy (non-hydrogen) atoms. The second-order valence-corrected chi connectivity index (χ2v) is 3.35. The lowest BCUT2D eigenvalue weighted by molar-refractivity contribution is 0.277. The maximum Gasteiger partial charge on any atom is 0.200 e. The third-order valence-electron chi connectivity index (χ3n) is 2.24. The zero-order valence-corrected chi connectivity index (χ0v) is 8.59. The third kappa shape index (κ3) is 1.74. The molecule has 1 heterocycles. The lowest BCUT2D eigenvalue weighted by Gasteiger charge is -2.08. The number of aliphatic hydroxyl groups excluding tert-OH is 1. The third-order valence-corrected chi connectivity index (χ3v) is 2.24. The quantitative estimate of drug-likeness (QED) is 0.512. The lowest BCUT2D eigenvalue weighted by Crippen LogP contribution is -2.08. The van der Waals surface area contributed by atoms with Crippen molar-refractivity contribution in [3.05, 3.63) is 47.3 Å². The second-order valence-electron chi connectivity index (χ2n) is 3.35. The Kier molecular flexibility index (Phi) is 3.04. The van der Waals surface area contributed by atoms with Crippen LogP contribution in [-0.4, -0.2) is 14.7 Å². The average Bonchev–Trinajstić information content (AvgIpc) is 2.83. The normalized spacial score (nSPS) is 11.0. The zero-order chi connectivity index (χ0) is 13.4. The van der Waals surface area contributed by atoms with Gasteiger partial charge < -0.3 is 9.67 Å². The number of halogens is 5. The van der Waals surface area contributed by atoms with E-state index in [1.807, 2.05) is 0 Å². The summed E-state index contributed by atoms with van der Waals surface area (Å²) in [5, 5.41) is 8.72. The largest absolute Gasteiger partial charge is 0.390 e. The maximum absolute atomic E-state index is 13.4. The highest BCUT2D eigenvalue weighted by Gasteiger charge is 2.26. The topological polar surface area (TPSA) is 38.0 Å². The predicted octanol–water partition coefficient (Wildman–Crippen LogP) is 2.06. The molecule has 0 aliphatic heterocycles. The van der Waals surface area contributed by atoms with Crippen molar-refractivity contribution in [2.45, 2.75) is 6.61 Å². The Labute approximate surface area is 97.1 Å². The number of benzene rings is 1. The molecule has 0 atom stereocenters. The van der Waals surface area contributed by atoms with Crippen LogP contribution in [0.2, 0.25) is 0 Å². The van der Waals surface area contributed by atoms with E-state index in [1.165, 1.54) is 0 Å². The number of aromatic nitrogens is 2. The highest BCUT2D eigenvalue weighted by molar-refractivity contribution is 5.38. The van der Waals surface area contributed by atoms with Crippen LogP contribution in [0.3, 0.4) is 0 Å². The zero-order valence-electron chi connectivity index (χ0n) is 8.59. The van der Waals surface area contributed by atoms with E-state index in [1.54, 1.807) is 0 Å². The first-order valence-corrected chi connectivity index (χ1v) is 4.63. The number of hydrogen-bond acceptors (Lipinski definition) is 2. The minimum Gasteiger partial charge on any atom is -0.390 e. The molecule has 2 aromatic rings. The van der Waals surface area contributed by atoms with Crippen molar-refractivity contribution < 1.29 is 27.1 Å². The first-order valence-electron chi connectivity index (χ1n) is 4.63. The van der Waals surface area contributed by atoms with Crippen LogP contribution in [0.5, 0.6) is 0 Å². The SMILES string of the molecule is OCc1cn(-c2c(F)c(F)c(F)c(F)c2F)cn1. The lowest BCUT2D eigenvalue weighted by atomic mass is 10.2. The smallest absolute Gasteiger partial charge is 0.200 e. The first kappa shape index (κ1) is 12.5. The molecule has 0 radical (unpaired) electrons. The molecule has 96 valence electrons. The Hall–Kier alpha value is -1.96. The molecular weight excluding hydrogens is 259 g/mol. The van der Waals surface area contributed by atoms with E-state index in [9.17, 15) is 22.0 Å². The van der Waals surface area contributed by atoms with Crippen LogP contribution in [0.1, 0.15) is 5.69 Å². The number of imidazole rings is 1. The van der Waals surface area contributed by atoms with E-state index in [-0.39, 0.29) is 5.69 Å². The van der Waals surface area contributed by atoms with Gasteiger partial charge >= 0.3 is 0 Å². The Morgan fingerprint density at radius 3 is 1.89 bits per heavy atom. The fraction of sp³-hybridized carbons (Fsp3) is 0.100. The van der Waals surface area contributed by atoms with Gasteiger partial charge in [-0.05, 0) is 0 Å². The monoisotopic (exact) mass is 264 g/mol. The fourth-order valence-electron chi connectivity index (χ4n) is 1.39. The van der Waals surface area contributed by atoms with Crippen molar-refractivity contribution in [1.29, 1.82) is 0 Å². The number of nitrogens with zero attached hydrogens (tertiary/aromatic N) is 2. The Balaban J connectivity index is 2.71. The summed E-state index contributed by atoms with van der Waals surface area (Å²) in [4.78, 5) is 3.52. The van der Waals surface area contributed by atoms with Crippen LogP contribution in [0.25, 0.3) is 5.69 Å². The van der Waals surface area contributed by atoms with Gasteiger partial charge in [-0.1, -0.05) is 0 Å². The molecule has 1 aromatic carbocycles. The van der Waals surface area contributed by atoms with Crippen molar-refractivity contribution in [3.8, 4) is 5.69 Å². The predicted molar refractivity (Wildman–Crippen MR) is 49.3 cm³/mol. The summed E-state index contributed by atoms with van der Waals surface area (Å²) in [5.74, 6) is -10.2. The van der Waals surface area contributed by atoms with Gasteiger partial charge in [0.2, 0.25) is 5.82 Å². The minimum atomic E-state index is -2.23. The van der Waals surface area contributed by atoms with Crippen molar-refractivity contribution in [2.75, 3.05) is 0 Å². The molecule has 0 unspecified atom stereocenters.